The highest BCUT2D eigenvalue weighted by Crippen LogP contribution is 2.18. The number of amides is 2. The minimum absolute atomic E-state index is 0.000648. The Kier molecular flexibility index (Phi) is 5.52. The van der Waals surface area contributed by atoms with Crippen LogP contribution in [0.25, 0.3) is 0 Å². The molecule has 1 heterocycles. The number of anilines is 2. The van der Waals surface area contributed by atoms with Gasteiger partial charge in [0.2, 0.25) is 15.9 Å². The molecule has 2 aromatic rings. The number of nitrogens with zero attached hydrogens (tertiary/aromatic N) is 1. The number of aromatic nitrogens is 1. The molecule has 0 fully saturated rings. The first-order valence-electron chi connectivity index (χ1n) is 6.93. The highest BCUT2D eigenvalue weighted by atomic mass is 32.2. The molecule has 0 aliphatic carbocycles. The van der Waals surface area contributed by atoms with Crippen molar-refractivity contribution in [1.29, 1.82) is 0 Å². The Morgan fingerprint density at radius 2 is 2.08 bits per heavy atom. The number of nitrogens with two attached hydrogens (primary N) is 1. The number of thiazole rings is 1. The molecule has 10 heteroatoms. The highest BCUT2D eigenvalue weighted by molar-refractivity contribution is 7.92. The van der Waals surface area contributed by atoms with Gasteiger partial charge in [-0.3, -0.25) is 19.6 Å². The van der Waals surface area contributed by atoms with Crippen molar-refractivity contribution in [3.05, 3.63) is 40.9 Å². The molecule has 24 heavy (non-hydrogen) atoms. The van der Waals surface area contributed by atoms with Gasteiger partial charge in [-0.15, -0.1) is 11.3 Å². The molecule has 0 saturated carbocycles. The van der Waals surface area contributed by atoms with Gasteiger partial charge in [-0.05, 0) is 25.1 Å². The maximum absolute atomic E-state index is 12.2. The molecule has 4 N–H and O–H groups in total. The summed E-state index contributed by atoms with van der Waals surface area (Å²) in [7, 11) is -3.42. The zero-order chi connectivity index (χ0) is 17.7. The summed E-state index contributed by atoms with van der Waals surface area (Å²) in [5, 5.41) is 4.56. The number of rotatable bonds is 7. The summed E-state index contributed by atoms with van der Waals surface area (Å²) in [6, 6.07) is 6.11. The van der Waals surface area contributed by atoms with E-state index in [1.807, 2.05) is 0 Å². The topological polar surface area (TPSA) is 131 Å². The van der Waals surface area contributed by atoms with Crippen LogP contribution in [-0.2, 0) is 21.2 Å². The first-order valence-corrected chi connectivity index (χ1v) is 9.47. The molecular formula is C14H16N4O4S2. The third kappa shape index (κ3) is 5.03. The van der Waals surface area contributed by atoms with Gasteiger partial charge in [-0.25, -0.2) is 13.4 Å². The van der Waals surface area contributed by atoms with E-state index in [0.29, 0.717) is 16.5 Å². The summed E-state index contributed by atoms with van der Waals surface area (Å²) >= 11 is 1.17. The van der Waals surface area contributed by atoms with Crippen molar-refractivity contribution in [1.82, 2.24) is 4.98 Å². The average molecular weight is 368 g/mol. The Morgan fingerprint density at radius 1 is 1.33 bits per heavy atom. The molecule has 0 unspecified atom stereocenters. The highest BCUT2D eigenvalue weighted by Gasteiger charge is 2.12. The lowest BCUT2D eigenvalue weighted by molar-refractivity contribution is -0.117. The number of hydrogen-bond acceptors (Lipinski definition) is 6. The van der Waals surface area contributed by atoms with Crippen LogP contribution in [0.2, 0.25) is 0 Å². The molecule has 8 nitrogen and oxygen atoms in total. The van der Waals surface area contributed by atoms with Crippen LogP contribution in [0.3, 0.4) is 0 Å². The van der Waals surface area contributed by atoms with Gasteiger partial charge in [0.1, 0.15) is 0 Å². The van der Waals surface area contributed by atoms with Crippen molar-refractivity contribution < 1.29 is 18.0 Å². The van der Waals surface area contributed by atoms with Crippen LogP contribution in [0.4, 0.5) is 10.8 Å². The van der Waals surface area contributed by atoms with Gasteiger partial charge in [0, 0.05) is 16.6 Å². The van der Waals surface area contributed by atoms with Crippen molar-refractivity contribution >= 4 is 44.0 Å². The zero-order valence-corrected chi connectivity index (χ0v) is 14.4. The third-order valence-corrected chi connectivity index (χ3v) is 5.02. The molecule has 0 bridgehead atoms. The zero-order valence-electron chi connectivity index (χ0n) is 12.8. The summed E-state index contributed by atoms with van der Waals surface area (Å²) < 4.78 is 25.5. The summed E-state index contributed by atoms with van der Waals surface area (Å²) in [6.45, 7) is 1.52. The second-order valence-corrected chi connectivity index (χ2v) is 7.70. The van der Waals surface area contributed by atoms with Crippen molar-refractivity contribution in [2.45, 2.75) is 13.3 Å². The maximum atomic E-state index is 12.2. The smallest absolute Gasteiger partial charge is 0.257 e. The number of benzene rings is 1. The van der Waals surface area contributed by atoms with Crippen molar-refractivity contribution in [2.24, 2.45) is 5.73 Å². The molecule has 0 radical (unpaired) electrons. The molecule has 2 amide bonds. The third-order valence-electron chi connectivity index (χ3n) is 2.91. The monoisotopic (exact) mass is 368 g/mol. The van der Waals surface area contributed by atoms with Crippen LogP contribution in [-0.4, -0.2) is 31.0 Å². The van der Waals surface area contributed by atoms with Crippen LogP contribution in [0.15, 0.2) is 29.6 Å². The maximum Gasteiger partial charge on any atom is 0.257 e. The number of primary amides is 1. The molecule has 1 aromatic heterocycles. The van der Waals surface area contributed by atoms with Crippen molar-refractivity contribution in [3.8, 4) is 0 Å². The quantitative estimate of drug-likeness (QED) is 0.675. The Labute approximate surface area is 143 Å². The van der Waals surface area contributed by atoms with Crippen LogP contribution < -0.4 is 15.8 Å². The minimum atomic E-state index is -3.42. The molecule has 0 saturated heterocycles. The van der Waals surface area contributed by atoms with Crippen LogP contribution >= 0.6 is 11.3 Å². The lowest BCUT2D eigenvalue weighted by Crippen LogP contribution is -2.16. The first-order chi connectivity index (χ1) is 11.3. The molecule has 0 atom stereocenters. The largest absolute Gasteiger partial charge is 0.369 e. The number of carbonyl (C=O) groups excluding carboxylic acids is 2. The first kappa shape index (κ1) is 17.9. The molecule has 0 spiro atoms. The summed E-state index contributed by atoms with van der Waals surface area (Å²) in [6.07, 6.45) is 0.000648. The van der Waals surface area contributed by atoms with E-state index in [0.717, 1.165) is 0 Å². The second kappa shape index (κ2) is 7.41. The van der Waals surface area contributed by atoms with Crippen LogP contribution in [0.1, 0.15) is 23.0 Å². The Balaban J connectivity index is 2.10. The molecular weight excluding hydrogens is 352 g/mol. The average Bonchev–Trinajstić information content (AvgIpc) is 2.93. The molecule has 2 rings (SSSR count). The number of hydrogen-bond donors (Lipinski definition) is 3. The summed E-state index contributed by atoms with van der Waals surface area (Å²) in [5.41, 5.74) is 6.15. The SMILES string of the molecule is CCS(=O)(=O)Nc1cccc(C(=O)Nc2nc(CC(N)=O)cs2)c1. The standard InChI is InChI=1S/C14H16N4O4S2/c1-2-24(21,22)18-10-5-3-4-9(6-10)13(20)17-14-16-11(8-23-14)7-12(15)19/h3-6,8,18H,2,7H2,1H3,(H2,15,19)(H,16,17,20). The van der Waals surface area contributed by atoms with E-state index in [9.17, 15) is 18.0 Å². The Bertz CT molecular complexity index is 861. The van der Waals surface area contributed by atoms with E-state index in [1.54, 1.807) is 23.6 Å². The van der Waals surface area contributed by atoms with E-state index in [1.165, 1.54) is 24.3 Å². The van der Waals surface area contributed by atoms with Gasteiger partial charge in [0.25, 0.3) is 5.91 Å². The van der Waals surface area contributed by atoms with Gasteiger partial charge < -0.3 is 5.73 Å². The van der Waals surface area contributed by atoms with Gasteiger partial charge >= 0.3 is 0 Å². The number of carbonyl (C=O) groups is 2. The summed E-state index contributed by atoms with van der Waals surface area (Å²) in [5.74, 6) is -1.01. The molecule has 0 aliphatic heterocycles. The Hall–Kier alpha value is -2.46. The van der Waals surface area contributed by atoms with Gasteiger partial charge in [-0.2, -0.15) is 0 Å². The summed E-state index contributed by atoms with van der Waals surface area (Å²) in [4.78, 5) is 27.1. The van der Waals surface area contributed by atoms with Crippen LogP contribution in [0.5, 0.6) is 0 Å². The normalized spacial score (nSPS) is 11.0. The fraction of sp³-hybridized carbons (Fsp3) is 0.214. The number of nitrogens with one attached hydrogen (secondary N) is 2. The van der Waals surface area contributed by atoms with Crippen molar-refractivity contribution in [2.75, 3.05) is 15.8 Å². The van der Waals surface area contributed by atoms with Gasteiger partial charge in [-0.1, -0.05) is 6.07 Å². The predicted molar refractivity (Wildman–Crippen MR) is 92.5 cm³/mol. The lowest BCUT2D eigenvalue weighted by Gasteiger charge is -2.07. The fourth-order valence-corrected chi connectivity index (χ4v) is 3.10. The number of sulfonamides is 1. The Morgan fingerprint density at radius 3 is 2.75 bits per heavy atom. The van der Waals surface area contributed by atoms with E-state index in [-0.39, 0.29) is 17.7 Å². The molecule has 0 aliphatic rings. The lowest BCUT2D eigenvalue weighted by atomic mass is 10.2. The van der Waals surface area contributed by atoms with E-state index in [2.05, 4.69) is 15.0 Å². The van der Waals surface area contributed by atoms with Gasteiger partial charge in [0.05, 0.1) is 17.9 Å². The minimum Gasteiger partial charge on any atom is -0.369 e. The fourth-order valence-electron chi connectivity index (χ4n) is 1.77. The van der Waals surface area contributed by atoms with E-state index in [4.69, 9.17) is 5.73 Å². The van der Waals surface area contributed by atoms with Crippen molar-refractivity contribution in [3.63, 3.8) is 0 Å². The molecule has 1 aromatic carbocycles. The van der Waals surface area contributed by atoms with Gasteiger partial charge in [0.15, 0.2) is 5.13 Å². The second-order valence-electron chi connectivity index (χ2n) is 4.83. The van der Waals surface area contributed by atoms with E-state index < -0.39 is 21.8 Å². The molecule has 128 valence electrons. The van der Waals surface area contributed by atoms with Crippen LogP contribution in [0, 0.1) is 0 Å². The van der Waals surface area contributed by atoms with E-state index >= 15 is 0 Å². The predicted octanol–water partition coefficient (Wildman–Crippen LogP) is 1.18.